The zero-order chi connectivity index (χ0) is 8.81. The number of hydrogen-bond acceptors (Lipinski definition) is 2. The van der Waals surface area contributed by atoms with Gasteiger partial charge in [0, 0.05) is 17.8 Å². The van der Waals surface area contributed by atoms with E-state index >= 15 is 0 Å². The van der Waals surface area contributed by atoms with Gasteiger partial charge in [-0.1, -0.05) is 19.8 Å². The molecule has 1 fully saturated rings. The molecule has 0 radical (unpaired) electrons. The van der Waals surface area contributed by atoms with Gasteiger partial charge in [0.2, 0.25) is 0 Å². The summed E-state index contributed by atoms with van der Waals surface area (Å²) in [5.74, 6) is 0. The van der Waals surface area contributed by atoms with Crippen LogP contribution < -0.4 is 5.32 Å². The Hall–Kier alpha value is -0.790. The summed E-state index contributed by atoms with van der Waals surface area (Å²) in [6.45, 7) is 2.00. The number of carbonyl (C=O) groups excluding carboxylic acids is 1. The van der Waals surface area contributed by atoms with Crippen LogP contribution in [-0.2, 0) is 4.79 Å². The molecule has 1 N–H and O–H groups in total. The van der Waals surface area contributed by atoms with E-state index in [1.807, 2.05) is 13.1 Å². The van der Waals surface area contributed by atoms with Crippen LogP contribution in [0, 0.1) is 0 Å². The normalized spacial score (nSPS) is 19.6. The van der Waals surface area contributed by atoms with Gasteiger partial charge in [-0.15, -0.1) is 0 Å². The van der Waals surface area contributed by atoms with Gasteiger partial charge in [0.25, 0.3) is 0 Å². The molecule has 0 unspecified atom stereocenters. The van der Waals surface area contributed by atoms with E-state index < -0.39 is 0 Å². The lowest BCUT2D eigenvalue weighted by molar-refractivity contribution is -0.105. The molecule has 12 heavy (non-hydrogen) atoms. The van der Waals surface area contributed by atoms with Crippen LogP contribution in [0.2, 0.25) is 0 Å². The van der Waals surface area contributed by atoms with Crippen LogP contribution in [0.4, 0.5) is 0 Å². The highest BCUT2D eigenvalue weighted by atomic mass is 16.1. The minimum atomic E-state index is 0.617. The lowest BCUT2D eigenvalue weighted by atomic mass is 10.2. The highest BCUT2D eigenvalue weighted by Gasteiger charge is 2.12. The van der Waals surface area contributed by atoms with Crippen LogP contribution in [0.25, 0.3) is 0 Å². The maximum absolute atomic E-state index is 10.4. The molecule has 0 aromatic rings. The first-order chi connectivity index (χ1) is 5.86. The third-order valence-electron chi connectivity index (χ3n) is 2.42. The molecule has 1 rings (SSSR count). The van der Waals surface area contributed by atoms with Crippen molar-refractivity contribution in [1.29, 1.82) is 0 Å². The van der Waals surface area contributed by atoms with E-state index in [1.54, 1.807) is 0 Å². The molecular weight excluding hydrogens is 150 g/mol. The number of carbonyl (C=O) groups is 1. The number of aldehydes is 1. The molecule has 0 amide bonds. The van der Waals surface area contributed by atoms with Gasteiger partial charge in [0.15, 0.2) is 0 Å². The Morgan fingerprint density at radius 3 is 2.67 bits per heavy atom. The van der Waals surface area contributed by atoms with Crippen molar-refractivity contribution in [1.82, 2.24) is 5.32 Å². The summed E-state index contributed by atoms with van der Waals surface area (Å²) in [4.78, 5) is 10.4. The number of nitrogens with one attached hydrogen (secondary N) is 1. The second-order valence-electron chi connectivity index (χ2n) is 3.34. The van der Waals surface area contributed by atoms with Crippen molar-refractivity contribution in [2.45, 2.75) is 45.1 Å². The fourth-order valence-corrected chi connectivity index (χ4v) is 1.54. The Balaban J connectivity index is 2.29. The SMILES string of the molecule is CC/C(C=O)=C\NC1CCCC1. The molecule has 0 atom stereocenters. The van der Waals surface area contributed by atoms with Crippen LogP contribution in [0.5, 0.6) is 0 Å². The fraction of sp³-hybridized carbons (Fsp3) is 0.700. The number of allylic oxidation sites excluding steroid dienone is 1. The summed E-state index contributed by atoms with van der Waals surface area (Å²) < 4.78 is 0. The Labute approximate surface area is 74.0 Å². The number of hydrogen-bond donors (Lipinski definition) is 1. The number of rotatable bonds is 4. The summed E-state index contributed by atoms with van der Waals surface area (Å²) in [7, 11) is 0. The molecule has 0 bridgehead atoms. The predicted molar refractivity (Wildman–Crippen MR) is 49.8 cm³/mol. The van der Waals surface area contributed by atoms with Crippen molar-refractivity contribution < 1.29 is 4.79 Å². The van der Waals surface area contributed by atoms with E-state index in [4.69, 9.17) is 0 Å². The quantitative estimate of drug-likeness (QED) is 0.512. The molecular formula is C10H17NO. The van der Waals surface area contributed by atoms with E-state index in [0.717, 1.165) is 18.3 Å². The predicted octanol–water partition coefficient (Wildman–Crippen LogP) is 2.01. The summed E-state index contributed by atoms with van der Waals surface area (Å²) in [6.07, 6.45) is 8.80. The van der Waals surface area contributed by atoms with Crippen molar-refractivity contribution in [3.63, 3.8) is 0 Å². The zero-order valence-corrected chi connectivity index (χ0v) is 7.68. The van der Waals surface area contributed by atoms with Gasteiger partial charge in [-0.2, -0.15) is 0 Å². The Morgan fingerprint density at radius 1 is 1.50 bits per heavy atom. The van der Waals surface area contributed by atoms with Crippen molar-refractivity contribution in [3.05, 3.63) is 11.8 Å². The zero-order valence-electron chi connectivity index (χ0n) is 7.68. The first kappa shape index (κ1) is 9.30. The molecule has 1 saturated carbocycles. The van der Waals surface area contributed by atoms with Crippen molar-refractivity contribution in [3.8, 4) is 0 Å². The summed E-state index contributed by atoms with van der Waals surface area (Å²) in [5, 5.41) is 3.29. The second-order valence-corrected chi connectivity index (χ2v) is 3.34. The standard InChI is InChI=1S/C10H17NO/c1-2-9(8-12)7-11-10-5-3-4-6-10/h7-8,10-11H,2-6H2,1H3/b9-7+. The molecule has 0 aromatic heterocycles. The molecule has 0 saturated heterocycles. The van der Waals surface area contributed by atoms with Crippen LogP contribution in [0.3, 0.4) is 0 Å². The highest BCUT2D eigenvalue weighted by Crippen LogP contribution is 2.17. The van der Waals surface area contributed by atoms with E-state index in [9.17, 15) is 4.79 Å². The lowest BCUT2D eigenvalue weighted by Gasteiger charge is -2.08. The molecule has 1 aliphatic carbocycles. The summed E-state index contributed by atoms with van der Waals surface area (Å²) in [6, 6.07) is 0.617. The molecule has 68 valence electrons. The third kappa shape index (κ3) is 2.68. The van der Waals surface area contributed by atoms with E-state index in [2.05, 4.69) is 5.32 Å². The van der Waals surface area contributed by atoms with Gasteiger partial charge in [0.05, 0.1) is 0 Å². The molecule has 2 heteroatoms. The minimum Gasteiger partial charge on any atom is -0.388 e. The van der Waals surface area contributed by atoms with Crippen molar-refractivity contribution >= 4 is 6.29 Å². The highest BCUT2D eigenvalue weighted by molar-refractivity contribution is 5.72. The van der Waals surface area contributed by atoms with Crippen molar-refractivity contribution in [2.24, 2.45) is 0 Å². The van der Waals surface area contributed by atoms with Gasteiger partial charge >= 0.3 is 0 Å². The van der Waals surface area contributed by atoms with Crippen LogP contribution in [0.1, 0.15) is 39.0 Å². The molecule has 0 heterocycles. The Kier molecular flexibility index (Phi) is 3.85. The molecule has 0 spiro atoms. The van der Waals surface area contributed by atoms with Crippen LogP contribution >= 0.6 is 0 Å². The van der Waals surface area contributed by atoms with Gasteiger partial charge in [-0.3, -0.25) is 4.79 Å². The smallest absolute Gasteiger partial charge is 0.147 e. The molecule has 0 aromatic carbocycles. The van der Waals surface area contributed by atoms with E-state index in [0.29, 0.717) is 6.04 Å². The molecule has 2 nitrogen and oxygen atoms in total. The first-order valence-corrected chi connectivity index (χ1v) is 4.77. The fourth-order valence-electron chi connectivity index (χ4n) is 1.54. The van der Waals surface area contributed by atoms with Gasteiger partial charge in [-0.05, 0) is 19.3 Å². The van der Waals surface area contributed by atoms with Crippen LogP contribution in [0.15, 0.2) is 11.8 Å². The maximum atomic E-state index is 10.4. The second kappa shape index (κ2) is 4.96. The third-order valence-corrected chi connectivity index (χ3v) is 2.42. The Morgan fingerprint density at radius 2 is 2.17 bits per heavy atom. The van der Waals surface area contributed by atoms with Gasteiger partial charge in [0.1, 0.15) is 6.29 Å². The van der Waals surface area contributed by atoms with Crippen LogP contribution in [-0.4, -0.2) is 12.3 Å². The maximum Gasteiger partial charge on any atom is 0.147 e. The summed E-state index contributed by atoms with van der Waals surface area (Å²) >= 11 is 0. The van der Waals surface area contributed by atoms with E-state index in [-0.39, 0.29) is 0 Å². The van der Waals surface area contributed by atoms with Gasteiger partial charge in [-0.25, -0.2) is 0 Å². The average Bonchev–Trinajstić information content (AvgIpc) is 2.59. The largest absolute Gasteiger partial charge is 0.388 e. The molecule has 0 aliphatic heterocycles. The Bertz CT molecular complexity index is 169. The average molecular weight is 167 g/mol. The minimum absolute atomic E-state index is 0.617. The summed E-state index contributed by atoms with van der Waals surface area (Å²) in [5.41, 5.74) is 0.863. The monoisotopic (exact) mass is 167 g/mol. The molecule has 1 aliphatic rings. The topological polar surface area (TPSA) is 29.1 Å². The van der Waals surface area contributed by atoms with Gasteiger partial charge < -0.3 is 5.32 Å². The van der Waals surface area contributed by atoms with E-state index in [1.165, 1.54) is 25.7 Å². The first-order valence-electron chi connectivity index (χ1n) is 4.77. The van der Waals surface area contributed by atoms with Crippen molar-refractivity contribution in [2.75, 3.05) is 0 Å². The lowest BCUT2D eigenvalue weighted by Crippen LogP contribution is -2.20.